The smallest absolute Gasteiger partial charge is 0.459 e. The van der Waals surface area contributed by atoms with Gasteiger partial charge in [0, 0.05) is 12.6 Å². The van der Waals surface area contributed by atoms with Crippen LogP contribution in [0.15, 0.2) is 64.3 Å². The molecule has 1 aromatic carbocycles. The highest BCUT2D eigenvalue weighted by Crippen LogP contribution is 2.45. The van der Waals surface area contributed by atoms with Crippen molar-refractivity contribution in [3.8, 4) is 5.75 Å². The molecule has 2 heterocycles. The van der Waals surface area contributed by atoms with Gasteiger partial charge in [0.25, 0.3) is 5.56 Å². The van der Waals surface area contributed by atoms with Gasteiger partial charge in [-0.05, 0) is 32.1 Å². The summed E-state index contributed by atoms with van der Waals surface area (Å²) in [5, 5.41) is 13.1. The zero-order chi connectivity index (χ0) is 27.0. The molecule has 2 aromatic rings. The van der Waals surface area contributed by atoms with Crippen LogP contribution in [0, 0.1) is 0 Å². The van der Waals surface area contributed by atoms with Gasteiger partial charge < -0.3 is 19.1 Å². The van der Waals surface area contributed by atoms with Crippen LogP contribution in [0.3, 0.4) is 0 Å². The first-order valence-electron chi connectivity index (χ1n) is 11.5. The molecule has 5 atom stereocenters. The third-order valence-electron chi connectivity index (χ3n) is 5.37. The Morgan fingerprint density at radius 2 is 2.05 bits per heavy atom. The lowest BCUT2D eigenvalue weighted by Crippen LogP contribution is -2.36. The normalized spacial score (nSPS) is 22.2. The molecule has 1 saturated heterocycles. The molecule has 0 spiro atoms. The minimum atomic E-state index is -4.15. The van der Waals surface area contributed by atoms with E-state index in [0.717, 1.165) is 4.57 Å². The van der Waals surface area contributed by atoms with E-state index >= 15 is 0 Å². The molecule has 1 aliphatic rings. The number of carbonyl (C=O) groups is 1. The van der Waals surface area contributed by atoms with Gasteiger partial charge in [0.05, 0.1) is 25.4 Å². The molecule has 200 valence electrons. The number of esters is 1. The second kappa shape index (κ2) is 12.8. The first kappa shape index (κ1) is 28.3. The molecule has 1 fully saturated rings. The number of nitrogens with zero attached hydrogens (tertiary/aromatic N) is 1. The van der Waals surface area contributed by atoms with Crippen molar-refractivity contribution in [3.63, 3.8) is 0 Å². The van der Waals surface area contributed by atoms with Crippen molar-refractivity contribution in [1.82, 2.24) is 14.6 Å². The number of H-pyrrole nitrogens is 1. The monoisotopic (exact) mass is 535 g/mol. The van der Waals surface area contributed by atoms with Gasteiger partial charge in [-0.25, -0.2) is 9.36 Å². The average molecular weight is 535 g/mol. The predicted molar refractivity (Wildman–Crippen MR) is 135 cm³/mol. The van der Waals surface area contributed by atoms with Gasteiger partial charge in [-0.2, -0.15) is 5.09 Å². The number of hydrogen-bond donors (Lipinski definition) is 3. The number of hydrogen-bond acceptors (Lipinski definition) is 9. The lowest BCUT2D eigenvalue weighted by atomic mass is 10.2. The maximum atomic E-state index is 13.5. The fourth-order valence-electron chi connectivity index (χ4n) is 3.49. The van der Waals surface area contributed by atoms with Crippen molar-refractivity contribution in [1.29, 1.82) is 0 Å². The highest BCUT2D eigenvalue weighted by molar-refractivity contribution is 7.52. The van der Waals surface area contributed by atoms with E-state index in [1.165, 1.54) is 26.3 Å². The number of aliphatic hydroxyl groups excluding tert-OH is 1. The van der Waals surface area contributed by atoms with Gasteiger partial charge in [0.2, 0.25) is 0 Å². The van der Waals surface area contributed by atoms with Crippen LogP contribution in [0.25, 0.3) is 6.08 Å². The third-order valence-corrected chi connectivity index (χ3v) is 7.02. The lowest BCUT2D eigenvalue weighted by Gasteiger charge is -2.24. The van der Waals surface area contributed by atoms with Crippen LogP contribution in [0.1, 0.15) is 32.1 Å². The van der Waals surface area contributed by atoms with Crippen molar-refractivity contribution in [2.75, 3.05) is 13.7 Å². The molecule has 0 saturated carbocycles. The summed E-state index contributed by atoms with van der Waals surface area (Å²) in [6.45, 7) is 2.85. The molecule has 0 bridgehead atoms. The second-order valence-electron chi connectivity index (χ2n) is 8.14. The molecule has 0 amide bonds. The zero-order valence-corrected chi connectivity index (χ0v) is 21.5. The fraction of sp³-hybridized carbons (Fsp3) is 0.375. The number of aromatic amines is 1. The van der Waals surface area contributed by atoms with Crippen LogP contribution < -0.4 is 20.9 Å². The molecule has 1 aliphatic heterocycles. The minimum Gasteiger partial charge on any atom is -0.468 e. The maximum absolute atomic E-state index is 13.5. The zero-order valence-electron chi connectivity index (χ0n) is 20.6. The lowest BCUT2D eigenvalue weighted by molar-refractivity contribution is -0.142. The van der Waals surface area contributed by atoms with E-state index in [0.29, 0.717) is 0 Å². The summed E-state index contributed by atoms with van der Waals surface area (Å²) in [4.78, 5) is 38.6. The van der Waals surface area contributed by atoms with Gasteiger partial charge in [-0.15, -0.1) is 0 Å². The van der Waals surface area contributed by atoms with Crippen LogP contribution in [0.4, 0.5) is 0 Å². The van der Waals surface area contributed by atoms with Crippen molar-refractivity contribution in [3.05, 3.63) is 81.2 Å². The molecule has 37 heavy (non-hydrogen) atoms. The summed E-state index contributed by atoms with van der Waals surface area (Å²) < 4.78 is 36.2. The first-order chi connectivity index (χ1) is 17.7. The minimum absolute atomic E-state index is 0.00777. The van der Waals surface area contributed by atoms with E-state index < -0.39 is 56.0 Å². The Kier molecular flexibility index (Phi) is 9.79. The van der Waals surface area contributed by atoms with Gasteiger partial charge in [-0.3, -0.25) is 23.7 Å². The Labute approximate surface area is 213 Å². The largest absolute Gasteiger partial charge is 0.468 e. The number of carbonyl (C=O) groups excluding carboxylic acids is 1. The van der Waals surface area contributed by atoms with Crippen molar-refractivity contribution >= 4 is 19.8 Å². The van der Waals surface area contributed by atoms with E-state index in [9.17, 15) is 24.1 Å². The number of rotatable bonds is 11. The SMILES string of the molecule is C/C=C/C=C/c1cn(C2CC(O)C(COP(=O)(N[C@@H](C)C(=O)OC)Oc3ccccc3)O2)c(=O)[nH]c1=O. The standard InChI is InChI=1S/C24H30N3O9P/c1-4-5-7-10-17-14-27(24(31)25-22(17)29)21-13-19(28)20(35-21)15-34-37(32,26-16(2)23(30)33-3)36-18-11-8-6-9-12-18/h4-12,14,16,19-21,28H,13,15H2,1-3H3,(H,26,32)(H,25,29,31)/b5-4+,10-7+/t16-,19?,20?,21?,37?/m0/s1. The van der Waals surface area contributed by atoms with E-state index in [-0.39, 0.29) is 17.7 Å². The number of para-hydroxylation sites is 1. The van der Waals surface area contributed by atoms with Crippen molar-refractivity contribution < 1.29 is 33.0 Å². The van der Waals surface area contributed by atoms with E-state index in [1.807, 2.05) is 6.92 Å². The van der Waals surface area contributed by atoms with Crippen LogP contribution in [-0.2, 0) is 23.4 Å². The molecule has 12 nitrogen and oxygen atoms in total. The summed E-state index contributed by atoms with van der Waals surface area (Å²) in [5.74, 6) is -0.464. The molecular formula is C24H30N3O9P. The number of allylic oxidation sites excluding steroid dienone is 3. The molecule has 3 rings (SSSR count). The van der Waals surface area contributed by atoms with Crippen molar-refractivity contribution in [2.45, 2.75) is 44.7 Å². The molecular weight excluding hydrogens is 505 g/mol. The number of nitrogens with one attached hydrogen (secondary N) is 2. The second-order valence-corrected chi connectivity index (χ2v) is 9.83. The number of ether oxygens (including phenoxy) is 2. The highest BCUT2D eigenvalue weighted by atomic mass is 31.2. The number of aromatic nitrogens is 2. The summed E-state index contributed by atoms with van der Waals surface area (Å²) in [7, 11) is -2.96. The number of benzene rings is 1. The van der Waals surface area contributed by atoms with E-state index in [1.54, 1.807) is 48.6 Å². The summed E-state index contributed by atoms with van der Waals surface area (Å²) in [5.41, 5.74) is -1.05. The van der Waals surface area contributed by atoms with Gasteiger partial charge in [0.1, 0.15) is 24.1 Å². The molecule has 3 N–H and O–H groups in total. The number of aliphatic hydroxyl groups is 1. The molecule has 4 unspecified atom stereocenters. The Morgan fingerprint density at radius 3 is 2.73 bits per heavy atom. The van der Waals surface area contributed by atoms with Gasteiger partial charge >= 0.3 is 19.4 Å². The Balaban J connectivity index is 1.76. The Bertz CT molecular complexity index is 1290. The summed E-state index contributed by atoms with van der Waals surface area (Å²) in [6.07, 6.45) is 5.03. The Morgan fingerprint density at radius 1 is 1.32 bits per heavy atom. The summed E-state index contributed by atoms with van der Waals surface area (Å²) in [6, 6.07) is 7.16. The van der Waals surface area contributed by atoms with Crippen LogP contribution >= 0.6 is 7.75 Å². The quantitative estimate of drug-likeness (QED) is 0.221. The van der Waals surface area contributed by atoms with E-state index in [4.69, 9.17) is 13.8 Å². The van der Waals surface area contributed by atoms with Crippen LogP contribution in [-0.4, -0.2) is 52.6 Å². The molecule has 0 aliphatic carbocycles. The average Bonchev–Trinajstić information content (AvgIpc) is 3.24. The van der Waals surface area contributed by atoms with Gasteiger partial charge in [-0.1, -0.05) is 36.4 Å². The van der Waals surface area contributed by atoms with Gasteiger partial charge in [0.15, 0.2) is 0 Å². The first-order valence-corrected chi connectivity index (χ1v) is 13.0. The molecule has 13 heteroatoms. The predicted octanol–water partition coefficient (Wildman–Crippen LogP) is 2.13. The highest BCUT2D eigenvalue weighted by Gasteiger charge is 2.39. The maximum Gasteiger partial charge on any atom is 0.459 e. The number of methoxy groups -OCH3 is 1. The summed E-state index contributed by atoms with van der Waals surface area (Å²) >= 11 is 0. The van der Waals surface area contributed by atoms with Crippen LogP contribution in [0.2, 0.25) is 0 Å². The molecule has 1 aromatic heterocycles. The fourth-order valence-corrected chi connectivity index (χ4v) is 4.99. The van der Waals surface area contributed by atoms with Crippen LogP contribution in [0.5, 0.6) is 5.75 Å². The third kappa shape index (κ3) is 7.61. The van der Waals surface area contributed by atoms with Crippen molar-refractivity contribution in [2.24, 2.45) is 0 Å². The Hall–Kier alpha value is -3.28. The van der Waals surface area contributed by atoms with E-state index in [2.05, 4.69) is 14.8 Å². The molecule has 0 radical (unpaired) electrons. The topological polar surface area (TPSA) is 158 Å².